The molecule has 0 aliphatic carbocycles. The third-order valence-electron chi connectivity index (χ3n) is 1.82. The first kappa shape index (κ1) is 7.62. The summed E-state index contributed by atoms with van der Waals surface area (Å²) in [5.41, 5.74) is 2.48. The highest BCUT2D eigenvalue weighted by molar-refractivity contribution is 5.58. The summed E-state index contributed by atoms with van der Waals surface area (Å²) in [6, 6.07) is 5.66. The maximum Gasteiger partial charge on any atom is 0.118 e. The number of hydrogen-bond acceptors (Lipinski definition) is 2. The van der Waals surface area contributed by atoms with Crippen LogP contribution in [-0.2, 0) is 7.05 Å². The molecule has 0 aromatic carbocycles. The van der Waals surface area contributed by atoms with Crippen LogP contribution in [0, 0.1) is 11.3 Å². The SMILES string of the molecule is Cn1cc(-c2ccc(C#N)[nH]2)cn1. The molecule has 64 valence electrons. The first-order valence-electron chi connectivity index (χ1n) is 3.88. The molecule has 0 aliphatic heterocycles. The molecule has 0 fully saturated rings. The van der Waals surface area contributed by atoms with Crippen molar-refractivity contribution in [3.63, 3.8) is 0 Å². The van der Waals surface area contributed by atoms with Gasteiger partial charge in [0.15, 0.2) is 0 Å². The van der Waals surface area contributed by atoms with E-state index in [4.69, 9.17) is 5.26 Å². The standard InChI is InChI=1S/C9H8N4/c1-13-6-7(5-11-13)9-3-2-8(4-10)12-9/h2-3,5-6,12H,1H3. The monoisotopic (exact) mass is 172 g/mol. The number of aromatic amines is 1. The Morgan fingerprint density at radius 3 is 2.92 bits per heavy atom. The molecule has 2 rings (SSSR count). The van der Waals surface area contributed by atoms with Crippen LogP contribution in [-0.4, -0.2) is 14.8 Å². The van der Waals surface area contributed by atoms with Crippen molar-refractivity contribution in [2.45, 2.75) is 0 Å². The minimum absolute atomic E-state index is 0.568. The number of aromatic nitrogens is 3. The summed E-state index contributed by atoms with van der Waals surface area (Å²) in [5, 5.41) is 12.6. The lowest BCUT2D eigenvalue weighted by molar-refractivity contribution is 0.768. The van der Waals surface area contributed by atoms with E-state index in [-0.39, 0.29) is 0 Å². The Labute approximate surface area is 75.4 Å². The highest BCUT2D eigenvalue weighted by Crippen LogP contribution is 2.16. The van der Waals surface area contributed by atoms with Crippen LogP contribution in [0.5, 0.6) is 0 Å². The molecule has 0 spiro atoms. The van der Waals surface area contributed by atoms with Gasteiger partial charge in [-0.25, -0.2) is 0 Å². The molecule has 0 amide bonds. The third-order valence-corrected chi connectivity index (χ3v) is 1.82. The molecular weight excluding hydrogens is 164 g/mol. The van der Waals surface area contributed by atoms with Gasteiger partial charge in [-0.3, -0.25) is 4.68 Å². The zero-order chi connectivity index (χ0) is 9.26. The van der Waals surface area contributed by atoms with Gasteiger partial charge in [0.1, 0.15) is 11.8 Å². The Kier molecular flexibility index (Phi) is 1.64. The van der Waals surface area contributed by atoms with E-state index in [2.05, 4.69) is 10.1 Å². The lowest BCUT2D eigenvalue weighted by atomic mass is 10.3. The van der Waals surface area contributed by atoms with Crippen molar-refractivity contribution >= 4 is 0 Å². The molecule has 2 heterocycles. The molecule has 2 aromatic heterocycles. The highest BCUT2D eigenvalue weighted by Gasteiger charge is 2.02. The summed E-state index contributed by atoms with van der Waals surface area (Å²) >= 11 is 0. The Morgan fingerprint density at radius 2 is 2.38 bits per heavy atom. The van der Waals surface area contributed by atoms with Gasteiger partial charge < -0.3 is 4.98 Å². The van der Waals surface area contributed by atoms with Crippen molar-refractivity contribution in [3.05, 3.63) is 30.2 Å². The second-order valence-corrected chi connectivity index (χ2v) is 2.80. The fraction of sp³-hybridized carbons (Fsp3) is 0.111. The van der Waals surface area contributed by atoms with Crippen LogP contribution in [0.25, 0.3) is 11.3 Å². The number of rotatable bonds is 1. The van der Waals surface area contributed by atoms with E-state index in [0.717, 1.165) is 11.3 Å². The Morgan fingerprint density at radius 1 is 1.54 bits per heavy atom. The number of nitrogens with one attached hydrogen (secondary N) is 1. The van der Waals surface area contributed by atoms with Crippen molar-refractivity contribution in [1.82, 2.24) is 14.8 Å². The number of aryl methyl sites for hydroxylation is 1. The summed E-state index contributed by atoms with van der Waals surface area (Å²) in [5.74, 6) is 0. The lowest BCUT2D eigenvalue weighted by Gasteiger charge is -1.88. The molecule has 1 N–H and O–H groups in total. The molecule has 0 radical (unpaired) electrons. The van der Waals surface area contributed by atoms with E-state index in [0.29, 0.717) is 5.69 Å². The van der Waals surface area contributed by atoms with E-state index in [9.17, 15) is 0 Å². The molecule has 0 aliphatic rings. The van der Waals surface area contributed by atoms with Crippen molar-refractivity contribution < 1.29 is 0 Å². The quantitative estimate of drug-likeness (QED) is 0.704. The van der Waals surface area contributed by atoms with E-state index >= 15 is 0 Å². The normalized spacial score (nSPS) is 9.85. The van der Waals surface area contributed by atoms with Gasteiger partial charge >= 0.3 is 0 Å². The van der Waals surface area contributed by atoms with Gasteiger partial charge in [0.2, 0.25) is 0 Å². The molecule has 0 saturated carbocycles. The Hall–Kier alpha value is -2.02. The van der Waals surface area contributed by atoms with Gasteiger partial charge in [-0.15, -0.1) is 0 Å². The first-order valence-corrected chi connectivity index (χ1v) is 3.88. The van der Waals surface area contributed by atoms with Gasteiger partial charge in [0.25, 0.3) is 0 Å². The fourth-order valence-electron chi connectivity index (χ4n) is 1.19. The van der Waals surface area contributed by atoms with Crippen LogP contribution in [0.4, 0.5) is 0 Å². The smallest absolute Gasteiger partial charge is 0.118 e. The maximum atomic E-state index is 8.60. The van der Waals surface area contributed by atoms with Crippen LogP contribution in [0.15, 0.2) is 24.5 Å². The number of hydrogen-bond donors (Lipinski definition) is 1. The summed E-state index contributed by atoms with van der Waals surface area (Å²) in [4.78, 5) is 2.98. The van der Waals surface area contributed by atoms with Crippen LogP contribution in [0.2, 0.25) is 0 Å². The molecule has 4 nitrogen and oxygen atoms in total. The van der Waals surface area contributed by atoms with Gasteiger partial charge in [0.05, 0.1) is 6.20 Å². The van der Waals surface area contributed by atoms with Crippen LogP contribution < -0.4 is 0 Å². The molecule has 0 bridgehead atoms. The maximum absolute atomic E-state index is 8.60. The summed E-state index contributed by atoms with van der Waals surface area (Å²) in [6.45, 7) is 0. The molecule has 0 atom stereocenters. The predicted octanol–water partition coefficient (Wildman–Crippen LogP) is 1.29. The first-order chi connectivity index (χ1) is 6.29. The zero-order valence-electron chi connectivity index (χ0n) is 7.15. The van der Waals surface area contributed by atoms with Crippen molar-refractivity contribution in [2.24, 2.45) is 7.05 Å². The van der Waals surface area contributed by atoms with Crippen molar-refractivity contribution in [1.29, 1.82) is 5.26 Å². The van der Waals surface area contributed by atoms with E-state index in [1.54, 1.807) is 16.9 Å². The molecule has 2 aromatic rings. The topological polar surface area (TPSA) is 57.4 Å². The number of nitrogens with zero attached hydrogens (tertiary/aromatic N) is 3. The lowest BCUT2D eigenvalue weighted by Crippen LogP contribution is -1.84. The average molecular weight is 172 g/mol. The minimum Gasteiger partial charge on any atom is -0.346 e. The van der Waals surface area contributed by atoms with Crippen LogP contribution >= 0.6 is 0 Å². The average Bonchev–Trinajstić information content (AvgIpc) is 2.71. The van der Waals surface area contributed by atoms with Gasteiger partial charge in [-0.2, -0.15) is 10.4 Å². The Bertz CT molecular complexity index is 458. The minimum atomic E-state index is 0.568. The number of nitriles is 1. The van der Waals surface area contributed by atoms with E-state index in [1.165, 1.54) is 0 Å². The third kappa shape index (κ3) is 1.32. The van der Waals surface area contributed by atoms with Crippen molar-refractivity contribution in [2.75, 3.05) is 0 Å². The summed E-state index contributed by atoms with van der Waals surface area (Å²) < 4.78 is 1.72. The molecule has 0 unspecified atom stereocenters. The molecule has 13 heavy (non-hydrogen) atoms. The van der Waals surface area contributed by atoms with E-state index in [1.807, 2.05) is 25.4 Å². The van der Waals surface area contributed by atoms with Crippen LogP contribution in [0.1, 0.15) is 5.69 Å². The molecular formula is C9H8N4. The van der Waals surface area contributed by atoms with Gasteiger partial charge in [0, 0.05) is 24.5 Å². The summed E-state index contributed by atoms with van der Waals surface area (Å²) in [7, 11) is 1.86. The van der Waals surface area contributed by atoms with E-state index < -0.39 is 0 Å². The largest absolute Gasteiger partial charge is 0.346 e. The second-order valence-electron chi connectivity index (χ2n) is 2.80. The number of H-pyrrole nitrogens is 1. The van der Waals surface area contributed by atoms with Crippen molar-refractivity contribution in [3.8, 4) is 17.3 Å². The summed E-state index contributed by atoms with van der Waals surface area (Å²) in [6.07, 6.45) is 3.65. The molecule has 0 saturated heterocycles. The molecule has 4 heteroatoms. The van der Waals surface area contributed by atoms with Gasteiger partial charge in [-0.05, 0) is 12.1 Å². The second kappa shape index (κ2) is 2.79. The highest BCUT2D eigenvalue weighted by atomic mass is 15.2. The fourth-order valence-corrected chi connectivity index (χ4v) is 1.19. The Balaban J connectivity index is 2.42. The zero-order valence-corrected chi connectivity index (χ0v) is 7.15. The predicted molar refractivity (Wildman–Crippen MR) is 47.7 cm³/mol. The van der Waals surface area contributed by atoms with Gasteiger partial charge in [-0.1, -0.05) is 0 Å². The van der Waals surface area contributed by atoms with Crippen LogP contribution in [0.3, 0.4) is 0 Å².